The van der Waals surface area contributed by atoms with Gasteiger partial charge in [-0.3, -0.25) is 4.79 Å². The van der Waals surface area contributed by atoms with Gasteiger partial charge < -0.3 is 25.6 Å². The molecule has 4 rings (SSSR count). The van der Waals surface area contributed by atoms with E-state index in [0.29, 0.717) is 23.1 Å². The van der Waals surface area contributed by atoms with Gasteiger partial charge in [-0.2, -0.15) is 0 Å². The number of aryl methyl sites for hydroxylation is 1. The normalized spacial score (nSPS) is 19.1. The number of carbonyl (C=O) groups is 1. The fraction of sp³-hybridized carbons (Fsp3) is 0.450. The number of ether oxygens (including phenoxy) is 1. The molecule has 0 aliphatic carbocycles. The SMILES string of the molecule is Cc1nc(Nc2ccc(N3CCOCC3)cc2)c2c(n1)NC(C(C)C)C(=O)N2. The molecule has 2 aliphatic rings. The van der Waals surface area contributed by atoms with E-state index in [4.69, 9.17) is 4.74 Å². The Bertz CT molecular complexity index is 862. The lowest BCUT2D eigenvalue weighted by Gasteiger charge is -2.30. The Morgan fingerprint density at radius 1 is 1.18 bits per heavy atom. The van der Waals surface area contributed by atoms with Crippen LogP contribution in [0.5, 0.6) is 0 Å². The molecular formula is C20H26N6O2. The van der Waals surface area contributed by atoms with Crippen LogP contribution in [-0.2, 0) is 9.53 Å². The second-order valence-electron chi connectivity index (χ2n) is 7.47. The van der Waals surface area contributed by atoms with E-state index in [2.05, 4.69) is 43.0 Å². The smallest absolute Gasteiger partial charge is 0.247 e. The molecule has 0 spiro atoms. The summed E-state index contributed by atoms with van der Waals surface area (Å²) in [5.41, 5.74) is 2.66. The van der Waals surface area contributed by atoms with Crippen LogP contribution in [0.3, 0.4) is 0 Å². The molecule has 3 heterocycles. The standard InChI is InChI=1S/C20H26N6O2/c1-12(2)16-20(27)25-17-18(21-13(3)22-19(17)24-16)23-14-4-6-15(7-5-14)26-8-10-28-11-9-26/h4-7,12,16H,8-11H2,1-3H3,(H,25,27)(H2,21,22,23,24). The van der Waals surface area contributed by atoms with E-state index in [1.54, 1.807) is 0 Å². The van der Waals surface area contributed by atoms with Crippen LogP contribution in [0.1, 0.15) is 19.7 Å². The van der Waals surface area contributed by atoms with E-state index in [1.165, 1.54) is 5.69 Å². The number of aromatic nitrogens is 2. The number of nitrogens with zero attached hydrogens (tertiary/aromatic N) is 3. The van der Waals surface area contributed by atoms with E-state index >= 15 is 0 Å². The molecule has 28 heavy (non-hydrogen) atoms. The van der Waals surface area contributed by atoms with E-state index in [9.17, 15) is 4.79 Å². The molecule has 1 unspecified atom stereocenters. The quantitative estimate of drug-likeness (QED) is 0.749. The van der Waals surface area contributed by atoms with Crippen molar-refractivity contribution < 1.29 is 9.53 Å². The van der Waals surface area contributed by atoms with Crippen molar-refractivity contribution in [3.63, 3.8) is 0 Å². The van der Waals surface area contributed by atoms with Crippen molar-refractivity contribution in [1.29, 1.82) is 0 Å². The molecule has 1 aromatic carbocycles. The van der Waals surface area contributed by atoms with E-state index < -0.39 is 0 Å². The molecule has 1 aromatic heterocycles. The largest absolute Gasteiger partial charge is 0.378 e. The molecule has 1 amide bonds. The molecule has 148 valence electrons. The summed E-state index contributed by atoms with van der Waals surface area (Å²) in [5, 5.41) is 9.52. The van der Waals surface area contributed by atoms with Crippen molar-refractivity contribution in [1.82, 2.24) is 9.97 Å². The molecule has 1 fully saturated rings. The minimum Gasteiger partial charge on any atom is -0.378 e. The Morgan fingerprint density at radius 3 is 2.57 bits per heavy atom. The predicted molar refractivity (Wildman–Crippen MR) is 110 cm³/mol. The number of anilines is 5. The van der Waals surface area contributed by atoms with Crippen LogP contribution in [0.2, 0.25) is 0 Å². The average Bonchev–Trinajstić information content (AvgIpc) is 2.69. The summed E-state index contributed by atoms with van der Waals surface area (Å²) in [7, 11) is 0. The third kappa shape index (κ3) is 3.73. The lowest BCUT2D eigenvalue weighted by atomic mass is 10.0. The van der Waals surface area contributed by atoms with Gasteiger partial charge >= 0.3 is 0 Å². The third-order valence-corrected chi connectivity index (χ3v) is 5.02. The lowest BCUT2D eigenvalue weighted by molar-refractivity contribution is -0.117. The number of morpholine rings is 1. The molecular weight excluding hydrogens is 356 g/mol. The summed E-state index contributed by atoms with van der Waals surface area (Å²) >= 11 is 0. The molecule has 0 bridgehead atoms. The number of carbonyl (C=O) groups excluding carboxylic acids is 1. The molecule has 2 aromatic rings. The summed E-state index contributed by atoms with van der Waals surface area (Å²) in [5.74, 6) is 1.97. The predicted octanol–water partition coefficient (Wildman–Crippen LogP) is 2.75. The summed E-state index contributed by atoms with van der Waals surface area (Å²) in [6.07, 6.45) is 0. The van der Waals surface area contributed by atoms with Crippen molar-refractivity contribution in [3.05, 3.63) is 30.1 Å². The topological polar surface area (TPSA) is 91.4 Å². The van der Waals surface area contributed by atoms with E-state index in [1.807, 2.05) is 32.9 Å². The lowest BCUT2D eigenvalue weighted by Crippen LogP contribution is -2.43. The first-order valence-corrected chi connectivity index (χ1v) is 9.67. The highest BCUT2D eigenvalue weighted by Gasteiger charge is 2.31. The molecule has 8 heteroatoms. The monoisotopic (exact) mass is 382 g/mol. The Labute approximate surface area is 164 Å². The van der Waals surface area contributed by atoms with Gasteiger partial charge in [-0.25, -0.2) is 9.97 Å². The maximum atomic E-state index is 12.4. The highest BCUT2D eigenvalue weighted by atomic mass is 16.5. The fourth-order valence-corrected chi connectivity index (χ4v) is 3.48. The van der Waals surface area contributed by atoms with Gasteiger partial charge in [0.2, 0.25) is 5.91 Å². The molecule has 0 radical (unpaired) electrons. The minimum atomic E-state index is -0.303. The number of rotatable bonds is 4. The van der Waals surface area contributed by atoms with Gasteiger partial charge in [0.15, 0.2) is 11.6 Å². The second-order valence-corrected chi connectivity index (χ2v) is 7.47. The molecule has 3 N–H and O–H groups in total. The van der Waals surface area contributed by atoms with Crippen LogP contribution >= 0.6 is 0 Å². The van der Waals surface area contributed by atoms with Gasteiger partial charge in [-0.1, -0.05) is 13.8 Å². The minimum absolute atomic E-state index is 0.0688. The van der Waals surface area contributed by atoms with Gasteiger partial charge in [0.05, 0.1) is 13.2 Å². The zero-order valence-electron chi connectivity index (χ0n) is 16.5. The van der Waals surface area contributed by atoms with Gasteiger partial charge in [-0.15, -0.1) is 0 Å². The maximum absolute atomic E-state index is 12.4. The molecule has 1 saturated heterocycles. The molecule has 0 saturated carbocycles. The van der Waals surface area contributed by atoms with Crippen LogP contribution in [-0.4, -0.2) is 48.2 Å². The van der Waals surface area contributed by atoms with Crippen molar-refractivity contribution in [2.75, 3.05) is 47.2 Å². The number of fused-ring (bicyclic) bond motifs is 1. The van der Waals surface area contributed by atoms with Crippen molar-refractivity contribution in [2.24, 2.45) is 5.92 Å². The zero-order chi connectivity index (χ0) is 19.7. The number of hydrogen-bond acceptors (Lipinski definition) is 7. The Morgan fingerprint density at radius 2 is 1.89 bits per heavy atom. The highest BCUT2D eigenvalue weighted by Crippen LogP contribution is 2.34. The maximum Gasteiger partial charge on any atom is 0.247 e. The second kappa shape index (κ2) is 7.63. The third-order valence-electron chi connectivity index (χ3n) is 5.02. The Balaban J connectivity index is 1.56. The number of hydrogen-bond donors (Lipinski definition) is 3. The zero-order valence-corrected chi connectivity index (χ0v) is 16.5. The van der Waals surface area contributed by atoms with Crippen molar-refractivity contribution in [2.45, 2.75) is 26.8 Å². The van der Waals surface area contributed by atoms with Gasteiger partial charge in [0, 0.05) is 24.5 Å². The van der Waals surface area contributed by atoms with Crippen LogP contribution in [0.25, 0.3) is 0 Å². The summed E-state index contributed by atoms with van der Waals surface area (Å²) in [6, 6.07) is 7.90. The van der Waals surface area contributed by atoms with E-state index in [0.717, 1.165) is 32.0 Å². The first-order valence-electron chi connectivity index (χ1n) is 9.67. The number of amides is 1. The van der Waals surface area contributed by atoms with E-state index in [-0.39, 0.29) is 17.9 Å². The van der Waals surface area contributed by atoms with Crippen LogP contribution in [0.4, 0.5) is 28.7 Å². The van der Waals surface area contributed by atoms with Crippen LogP contribution in [0, 0.1) is 12.8 Å². The van der Waals surface area contributed by atoms with Gasteiger partial charge in [0.25, 0.3) is 0 Å². The van der Waals surface area contributed by atoms with Crippen LogP contribution < -0.4 is 20.9 Å². The summed E-state index contributed by atoms with van der Waals surface area (Å²) in [4.78, 5) is 23.7. The van der Waals surface area contributed by atoms with Crippen molar-refractivity contribution >= 4 is 34.6 Å². The first kappa shape index (κ1) is 18.5. The summed E-state index contributed by atoms with van der Waals surface area (Å²) in [6.45, 7) is 9.18. The molecule has 1 atom stereocenters. The fourth-order valence-electron chi connectivity index (χ4n) is 3.48. The van der Waals surface area contributed by atoms with Crippen molar-refractivity contribution in [3.8, 4) is 0 Å². The first-order chi connectivity index (χ1) is 13.5. The molecule has 2 aliphatic heterocycles. The Kier molecular flexibility index (Phi) is 5.04. The van der Waals surface area contributed by atoms with Gasteiger partial charge in [0.1, 0.15) is 17.6 Å². The van der Waals surface area contributed by atoms with Crippen LogP contribution in [0.15, 0.2) is 24.3 Å². The number of benzene rings is 1. The molecule has 8 nitrogen and oxygen atoms in total. The van der Waals surface area contributed by atoms with Gasteiger partial charge in [-0.05, 0) is 37.1 Å². The Hall–Kier alpha value is -2.87. The average molecular weight is 382 g/mol. The highest BCUT2D eigenvalue weighted by molar-refractivity contribution is 6.05. The number of nitrogens with one attached hydrogen (secondary N) is 3. The summed E-state index contributed by atoms with van der Waals surface area (Å²) < 4.78 is 5.41.